The molecule has 0 saturated heterocycles. The maximum atomic E-state index is 12.3. The molecule has 2 N–H and O–H groups in total. The fourth-order valence-electron chi connectivity index (χ4n) is 1.73. The third-order valence-corrected chi connectivity index (χ3v) is 5.22. The van der Waals surface area contributed by atoms with Gasteiger partial charge >= 0.3 is 0 Å². The largest absolute Gasteiger partial charge is 0.313 e. The Labute approximate surface area is 124 Å². The second kappa shape index (κ2) is 6.83. The summed E-state index contributed by atoms with van der Waals surface area (Å²) in [6, 6.07) is 3.56. The molecule has 0 atom stereocenters. The SMILES string of the molecule is CCNCc1cc(Br)c(C)c(S(=O)(=O)NC(C)C)c1. The molecule has 0 aromatic heterocycles. The lowest BCUT2D eigenvalue weighted by Gasteiger charge is -2.14. The number of benzene rings is 1. The summed E-state index contributed by atoms with van der Waals surface area (Å²) in [5.74, 6) is 0. The Morgan fingerprint density at radius 1 is 1.32 bits per heavy atom. The molecule has 0 aliphatic carbocycles. The number of hydrogen-bond donors (Lipinski definition) is 2. The highest BCUT2D eigenvalue weighted by Crippen LogP contribution is 2.26. The Balaban J connectivity index is 3.22. The highest BCUT2D eigenvalue weighted by molar-refractivity contribution is 9.10. The van der Waals surface area contributed by atoms with Crippen LogP contribution in [0.4, 0.5) is 0 Å². The lowest BCUT2D eigenvalue weighted by molar-refractivity contribution is 0.569. The molecule has 6 heteroatoms. The topological polar surface area (TPSA) is 58.2 Å². The smallest absolute Gasteiger partial charge is 0.241 e. The van der Waals surface area contributed by atoms with Crippen molar-refractivity contribution in [3.8, 4) is 0 Å². The molecule has 0 amide bonds. The molecule has 1 aromatic rings. The minimum Gasteiger partial charge on any atom is -0.313 e. The van der Waals surface area contributed by atoms with Gasteiger partial charge in [0.25, 0.3) is 0 Å². The molecule has 0 unspecified atom stereocenters. The van der Waals surface area contributed by atoms with Gasteiger partial charge < -0.3 is 5.32 Å². The summed E-state index contributed by atoms with van der Waals surface area (Å²) < 4.78 is 28.0. The molecule has 0 spiro atoms. The average molecular weight is 349 g/mol. The zero-order valence-electron chi connectivity index (χ0n) is 11.7. The van der Waals surface area contributed by atoms with E-state index in [1.165, 1.54) is 0 Å². The lowest BCUT2D eigenvalue weighted by atomic mass is 10.1. The van der Waals surface area contributed by atoms with Crippen molar-refractivity contribution in [2.24, 2.45) is 0 Å². The zero-order chi connectivity index (χ0) is 14.6. The van der Waals surface area contributed by atoms with Gasteiger partial charge in [0.15, 0.2) is 0 Å². The first-order valence-electron chi connectivity index (χ1n) is 6.30. The molecule has 0 aliphatic heterocycles. The summed E-state index contributed by atoms with van der Waals surface area (Å²) in [5.41, 5.74) is 1.68. The van der Waals surface area contributed by atoms with Crippen LogP contribution in [0.3, 0.4) is 0 Å². The number of hydrogen-bond acceptors (Lipinski definition) is 3. The van der Waals surface area contributed by atoms with Crippen LogP contribution in [0.5, 0.6) is 0 Å². The maximum absolute atomic E-state index is 12.3. The Morgan fingerprint density at radius 3 is 2.47 bits per heavy atom. The number of rotatable bonds is 6. The van der Waals surface area contributed by atoms with Crippen molar-refractivity contribution in [3.05, 3.63) is 27.7 Å². The molecule has 0 fully saturated rings. The van der Waals surface area contributed by atoms with E-state index < -0.39 is 10.0 Å². The second-order valence-corrected chi connectivity index (χ2v) is 7.29. The number of sulfonamides is 1. The van der Waals surface area contributed by atoms with Gasteiger partial charge in [0.2, 0.25) is 10.0 Å². The fraction of sp³-hybridized carbons (Fsp3) is 0.538. The van der Waals surface area contributed by atoms with E-state index in [1.54, 1.807) is 13.0 Å². The van der Waals surface area contributed by atoms with Crippen molar-refractivity contribution in [1.82, 2.24) is 10.0 Å². The van der Waals surface area contributed by atoms with Gasteiger partial charge in [-0.3, -0.25) is 0 Å². The summed E-state index contributed by atoms with van der Waals surface area (Å²) >= 11 is 3.43. The molecule has 1 aromatic carbocycles. The summed E-state index contributed by atoms with van der Waals surface area (Å²) in [5, 5.41) is 3.19. The zero-order valence-corrected chi connectivity index (χ0v) is 14.2. The molecule has 0 aliphatic rings. The predicted octanol–water partition coefficient (Wildman–Crippen LogP) is 2.55. The van der Waals surface area contributed by atoms with Gasteiger partial charge in [-0.1, -0.05) is 22.9 Å². The molecule has 1 rings (SSSR count). The minimum absolute atomic E-state index is 0.124. The molecule has 4 nitrogen and oxygen atoms in total. The lowest BCUT2D eigenvalue weighted by Crippen LogP contribution is -2.31. The third kappa shape index (κ3) is 4.56. The van der Waals surface area contributed by atoms with Crippen LogP contribution in [0, 0.1) is 6.92 Å². The van der Waals surface area contributed by atoms with Crippen LogP contribution in [-0.2, 0) is 16.6 Å². The average Bonchev–Trinajstić information content (AvgIpc) is 2.28. The molecule has 0 radical (unpaired) electrons. The van der Waals surface area contributed by atoms with Crippen molar-refractivity contribution in [3.63, 3.8) is 0 Å². The summed E-state index contributed by atoms with van der Waals surface area (Å²) in [6.07, 6.45) is 0. The van der Waals surface area contributed by atoms with Gasteiger partial charge in [0, 0.05) is 17.1 Å². The fourth-order valence-corrected chi connectivity index (χ4v) is 3.94. The van der Waals surface area contributed by atoms with E-state index in [9.17, 15) is 8.42 Å². The second-order valence-electron chi connectivity index (χ2n) is 4.76. The van der Waals surface area contributed by atoms with Crippen LogP contribution in [0.1, 0.15) is 31.9 Å². The van der Waals surface area contributed by atoms with Gasteiger partial charge in [-0.05, 0) is 50.6 Å². The molecule has 108 valence electrons. The Hall–Kier alpha value is -0.430. The Bertz CT molecular complexity index is 542. The standard InChI is InChI=1S/C13H21BrN2O2S/c1-5-15-8-11-6-12(14)10(4)13(7-11)19(17,18)16-9(2)3/h6-7,9,15-16H,5,8H2,1-4H3. The molecule has 0 saturated carbocycles. The quantitative estimate of drug-likeness (QED) is 0.830. The molecular formula is C13H21BrN2O2S. The first-order valence-corrected chi connectivity index (χ1v) is 8.57. The van der Waals surface area contributed by atoms with Crippen molar-refractivity contribution < 1.29 is 8.42 Å². The van der Waals surface area contributed by atoms with Crippen molar-refractivity contribution in [2.45, 2.75) is 45.2 Å². The maximum Gasteiger partial charge on any atom is 0.241 e. The molecule has 19 heavy (non-hydrogen) atoms. The van der Waals surface area contributed by atoms with Crippen LogP contribution in [0.25, 0.3) is 0 Å². The van der Waals surface area contributed by atoms with Gasteiger partial charge in [-0.15, -0.1) is 0 Å². The van der Waals surface area contributed by atoms with E-state index in [-0.39, 0.29) is 6.04 Å². The van der Waals surface area contributed by atoms with E-state index >= 15 is 0 Å². The van der Waals surface area contributed by atoms with E-state index in [0.29, 0.717) is 11.4 Å². The Kier molecular flexibility index (Phi) is 5.98. The van der Waals surface area contributed by atoms with Gasteiger partial charge in [-0.25, -0.2) is 13.1 Å². The van der Waals surface area contributed by atoms with Crippen LogP contribution in [0.15, 0.2) is 21.5 Å². The number of halogens is 1. The van der Waals surface area contributed by atoms with Gasteiger partial charge in [0.1, 0.15) is 0 Å². The highest BCUT2D eigenvalue weighted by Gasteiger charge is 2.20. The summed E-state index contributed by atoms with van der Waals surface area (Å²) in [4.78, 5) is 0.337. The number of nitrogens with one attached hydrogen (secondary N) is 2. The van der Waals surface area contributed by atoms with Gasteiger partial charge in [0.05, 0.1) is 4.90 Å². The molecular weight excluding hydrogens is 328 g/mol. The van der Waals surface area contributed by atoms with Crippen LogP contribution in [-0.4, -0.2) is 21.0 Å². The molecule has 0 heterocycles. The predicted molar refractivity (Wildman–Crippen MR) is 81.7 cm³/mol. The van der Waals surface area contributed by atoms with Crippen LogP contribution in [0.2, 0.25) is 0 Å². The molecule has 0 bridgehead atoms. The third-order valence-electron chi connectivity index (χ3n) is 2.62. The first-order chi connectivity index (χ1) is 8.77. The normalized spacial score (nSPS) is 12.1. The minimum atomic E-state index is -3.47. The van der Waals surface area contributed by atoms with E-state index in [2.05, 4.69) is 26.0 Å². The summed E-state index contributed by atoms with van der Waals surface area (Å²) in [6.45, 7) is 8.93. The van der Waals surface area contributed by atoms with E-state index in [0.717, 1.165) is 22.1 Å². The van der Waals surface area contributed by atoms with Gasteiger partial charge in [-0.2, -0.15) is 0 Å². The first kappa shape index (κ1) is 16.6. The highest BCUT2D eigenvalue weighted by atomic mass is 79.9. The summed E-state index contributed by atoms with van der Waals surface area (Å²) in [7, 11) is -3.47. The van der Waals surface area contributed by atoms with Crippen molar-refractivity contribution in [2.75, 3.05) is 6.54 Å². The van der Waals surface area contributed by atoms with Crippen LogP contribution >= 0.6 is 15.9 Å². The Morgan fingerprint density at radius 2 is 1.95 bits per heavy atom. The van der Waals surface area contributed by atoms with Crippen molar-refractivity contribution in [1.29, 1.82) is 0 Å². The van der Waals surface area contributed by atoms with E-state index in [1.807, 2.05) is 26.8 Å². The van der Waals surface area contributed by atoms with Crippen LogP contribution < -0.4 is 10.0 Å². The monoisotopic (exact) mass is 348 g/mol. The van der Waals surface area contributed by atoms with Crippen molar-refractivity contribution >= 4 is 26.0 Å². The van der Waals surface area contributed by atoms with E-state index in [4.69, 9.17) is 0 Å².